The van der Waals surface area contributed by atoms with E-state index in [1.54, 1.807) is 0 Å². The van der Waals surface area contributed by atoms with Crippen LogP contribution in [0.15, 0.2) is 54.6 Å². The van der Waals surface area contributed by atoms with Crippen LogP contribution in [-0.4, -0.2) is 30.4 Å². The SMILES string of the molecule is O=C(C1CCN(Cc2ccccc2)CC1)C1OCCc2ccccc21. The zero-order chi connectivity index (χ0) is 17.1. The third-order valence-corrected chi connectivity index (χ3v) is 5.49. The Labute approximate surface area is 149 Å². The maximum Gasteiger partial charge on any atom is 0.169 e. The van der Waals surface area contributed by atoms with Crippen molar-refractivity contribution < 1.29 is 9.53 Å². The number of nitrogens with zero attached hydrogens (tertiary/aromatic N) is 1. The number of rotatable bonds is 4. The van der Waals surface area contributed by atoms with Gasteiger partial charge in [-0.3, -0.25) is 9.69 Å². The van der Waals surface area contributed by atoms with E-state index in [2.05, 4.69) is 47.4 Å². The van der Waals surface area contributed by atoms with Gasteiger partial charge in [-0.05, 0) is 49.0 Å². The van der Waals surface area contributed by atoms with Gasteiger partial charge in [-0.15, -0.1) is 0 Å². The summed E-state index contributed by atoms with van der Waals surface area (Å²) in [7, 11) is 0. The lowest BCUT2D eigenvalue weighted by Gasteiger charge is -2.34. The number of ether oxygens (including phenoxy) is 1. The van der Waals surface area contributed by atoms with E-state index in [4.69, 9.17) is 4.74 Å². The number of fused-ring (bicyclic) bond motifs is 1. The Morgan fingerprint density at radius 2 is 1.72 bits per heavy atom. The van der Waals surface area contributed by atoms with Crippen molar-refractivity contribution >= 4 is 5.78 Å². The average molecular weight is 335 g/mol. The van der Waals surface area contributed by atoms with Crippen molar-refractivity contribution in [2.75, 3.05) is 19.7 Å². The first-order valence-electron chi connectivity index (χ1n) is 9.30. The molecule has 0 N–H and O–H groups in total. The van der Waals surface area contributed by atoms with Gasteiger partial charge in [0.2, 0.25) is 0 Å². The number of carbonyl (C=O) groups is 1. The van der Waals surface area contributed by atoms with Gasteiger partial charge in [0, 0.05) is 12.5 Å². The van der Waals surface area contributed by atoms with Crippen LogP contribution in [0, 0.1) is 5.92 Å². The summed E-state index contributed by atoms with van der Waals surface area (Å²) in [5.74, 6) is 0.412. The summed E-state index contributed by atoms with van der Waals surface area (Å²) < 4.78 is 5.88. The van der Waals surface area contributed by atoms with Crippen LogP contribution in [-0.2, 0) is 22.5 Å². The normalized spacial score (nSPS) is 21.7. The van der Waals surface area contributed by atoms with Gasteiger partial charge in [0.05, 0.1) is 6.61 Å². The molecule has 2 aliphatic heterocycles. The highest BCUT2D eigenvalue weighted by atomic mass is 16.5. The van der Waals surface area contributed by atoms with E-state index < -0.39 is 0 Å². The highest BCUT2D eigenvalue weighted by molar-refractivity contribution is 5.87. The summed E-state index contributed by atoms with van der Waals surface area (Å²) in [4.78, 5) is 15.5. The minimum atomic E-state index is -0.351. The van der Waals surface area contributed by atoms with Crippen molar-refractivity contribution in [2.45, 2.75) is 31.9 Å². The Balaban J connectivity index is 1.37. The van der Waals surface area contributed by atoms with E-state index in [0.717, 1.165) is 44.5 Å². The summed E-state index contributed by atoms with van der Waals surface area (Å²) in [6.45, 7) is 3.60. The first-order valence-corrected chi connectivity index (χ1v) is 9.30. The molecule has 2 aromatic carbocycles. The molecule has 25 heavy (non-hydrogen) atoms. The summed E-state index contributed by atoms with van der Waals surface area (Å²) >= 11 is 0. The molecule has 3 nitrogen and oxygen atoms in total. The van der Waals surface area contributed by atoms with Crippen molar-refractivity contribution in [3.05, 3.63) is 71.3 Å². The number of ketones is 1. The van der Waals surface area contributed by atoms with E-state index in [9.17, 15) is 4.79 Å². The molecule has 0 spiro atoms. The molecule has 0 aliphatic carbocycles. The largest absolute Gasteiger partial charge is 0.365 e. The molecule has 2 aliphatic rings. The van der Waals surface area contributed by atoms with Crippen LogP contribution in [0.2, 0.25) is 0 Å². The molecule has 1 unspecified atom stereocenters. The van der Waals surface area contributed by atoms with Crippen molar-refractivity contribution in [3.63, 3.8) is 0 Å². The fourth-order valence-electron chi connectivity index (χ4n) is 4.06. The Bertz CT molecular complexity index is 720. The minimum absolute atomic E-state index is 0.128. The van der Waals surface area contributed by atoms with E-state index in [0.29, 0.717) is 6.61 Å². The fourth-order valence-corrected chi connectivity index (χ4v) is 4.06. The molecule has 1 fully saturated rings. The summed E-state index contributed by atoms with van der Waals surface area (Å²) in [6.07, 6.45) is 2.44. The van der Waals surface area contributed by atoms with Crippen LogP contribution in [0.25, 0.3) is 0 Å². The lowest BCUT2D eigenvalue weighted by atomic mass is 9.85. The average Bonchev–Trinajstić information content (AvgIpc) is 2.68. The van der Waals surface area contributed by atoms with Gasteiger partial charge in [-0.2, -0.15) is 0 Å². The second kappa shape index (κ2) is 7.51. The summed E-state index contributed by atoms with van der Waals surface area (Å²) in [5.41, 5.74) is 3.70. The Hall–Kier alpha value is -1.97. The lowest BCUT2D eigenvalue weighted by Crippen LogP contribution is -2.38. The number of benzene rings is 2. The van der Waals surface area contributed by atoms with Gasteiger partial charge in [0.25, 0.3) is 0 Å². The van der Waals surface area contributed by atoms with Crippen molar-refractivity contribution in [2.24, 2.45) is 5.92 Å². The molecule has 0 amide bonds. The molecular formula is C22H25NO2. The number of carbonyl (C=O) groups excluding carboxylic acids is 1. The number of piperidine rings is 1. The fraction of sp³-hybridized carbons (Fsp3) is 0.409. The van der Waals surface area contributed by atoms with E-state index in [-0.39, 0.29) is 17.8 Å². The predicted octanol–water partition coefficient (Wildman–Crippen LogP) is 3.78. The van der Waals surface area contributed by atoms with Gasteiger partial charge in [0.15, 0.2) is 5.78 Å². The molecule has 0 bridgehead atoms. The van der Waals surface area contributed by atoms with E-state index >= 15 is 0 Å². The maximum atomic E-state index is 13.0. The van der Waals surface area contributed by atoms with Crippen LogP contribution in [0.5, 0.6) is 0 Å². The topological polar surface area (TPSA) is 29.5 Å². The zero-order valence-electron chi connectivity index (χ0n) is 14.6. The van der Waals surface area contributed by atoms with Crippen molar-refractivity contribution in [1.29, 1.82) is 0 Å². The molecule has 1 atom stereocenters. The molecule has 1 saturated heterocycles. The van der Waals surface area contributed by atoms with Crippen LogP contribution < -0.4 is 0 Å². The van der Waals surface area contributed by atoms with Gasteiger partial charge in [-0.25, -0.2) is 0 Å². The molecule has 0 radical (unpaired) electrons. The molecule has 2 heterocycles. The Kier molecular flexibility index (Phi) is 4.95. The van der Waals surface area contributed by atoms with Gasteiger partial charge >= 0.3 is 0 Å². The molecule has 4 rings (SSSR count). The number of likely N-dealkylation sites (tertiary alicyclic amines) is 1. The third kappa shape index (κ3) is 3.68. The van der Waals surface area contributed by atoms with Crippen molar-refractivity contribution in [1.82, 2.24) is 4.90 Å². The molecule has 3 heteroatoms. The molecule has 130 valence electrons. The van der Waals surface area contributed by atoms with Crippen LogP contribution in [0.3, 0.4) is 0 Å². The number of Topliss-reactive ketones (excluding diaryl/α,β-unsaturated/α-hetero) is 1. The Morgan fingerprint density at radius 3 is 2.52 bits per heavy atom. The van der Waals surface area contributed by atoms with Gasteiger partial charge in [0.1, 0.15) is 6.10 Å². The smallest absolute Gasteiger partial charge is 0.169 e. The van der Waals surface area contributed by atoms with E-state index in [1.165, 1.54) is 11.1 Å². The molecular weight excluding hydrogens is 310 g/mol. The lowest BCUT2D eigenvalue weighted by molar-refractivity contribution is -0.137. The third-order valence-electron chi connectivity index (χ3n) is 5.49. The number of hydrogen-bond donors (Lipinski definition) is 0. The van der Waals surface area contributed by atoms with Crippen LogP contribution >= 0.6 is 0 Å². The number of hydrogen-bond acceptors (Lipinski definition) is 3. The monoisotopic (exact) mass is 335 g/mol. The highest BCUT2D eigenvalue weighted by Gasteiger charge is 2.34. The molecule has 0 aromatic heterocycles. The maximum absolute atomic E-state index is 13.0. The van der Waals surface area contributed by atoms with Crippen LogP contribution in [0.1, 0.15) is 35.6 Å². The first kappa shape index (κ1) is 16.5. The van der Waals surface area contributed by atoms with Crippen molar-refractivity contribution in [3.8, 4) is 0 Å². The Morgan fingerprint density at radius 1 is 1.00 bits per heavy atom. The van der Waals surface area contributed by atoms with Gasteiger partial charge < -0.3 is 4.74 Å². The van der Waals surface area contributed by atoms with Crippen LogP contribution in [0.4, 0.5) is 0 Å². The molecule has 2 aromatic rings. The van der Waals surface area contributed by atoms with E-state index in [1.807, 2.05) is 12.1 Å². The van der Waals surface area contributed by atoms with Gasteiger partial charge in [-0.1, -0.05) is 54.6 Å². The molecule has 0 saturated carbocycles. The highest BCUT2D eigenvalue weighted by Crippen LogP contribution is 2.32. The second-order valence-electron chi connectivity index (χ2n) is 7.14. The zero-order valence-corrected chi connectivity index (χ0v) is 14.6. The first-order chi connectivity index (χ1) is 12.3. The second-order valence-corrected chi connectivity index (χ2v) is 7.14. The summed E-state index contributed by atoms with van der Waals surface area (Å²) in [5, 5.41) is 0. The predicted molar refractivity (Wildman–Crippen MR) is 98.3 cm³/mol. The standard InChI is InChI=1S/C22H25NO2/c24-21(22-20-9-5-4-8-18(20)12-15-25-22)19-10-13-23(14-11-19)16-17-6-2-1-3-7-17/h1-9,19,22H,10-16H2. The summed E-state index contributed by atoms with van der Waals surface area (Å²) in [6, 6.07) is 18.8. The minimum Gasteiger partial charge on any atom is -0.365 e. The quantitative estimate of drug-likeness (QED) is 0.851.